The number of carbonyl (C=O) groups is 1. The Balaban J connectivity index is 1.43. The van der Waals surface area contributed by atoms with Gasteiger partial charge in [0.1, 0.15) is 18.2 Å². The minimum absolute atomic E-state index is 0.236. The summed E-state index contributed by atoms with van der Waals surface area (Å²) in [6.07, 6.45) is 0. The monoisotopic (exact) mass is 506 g/mol. The minimum atomic E-state index is -0.394. The van der Waals surface area contributed by atoms with Crippen LogP contribution in [0.2, 0.25) is 0 Å². The topological polar surface area (TPSA) is 101 Å². The zero-order valence-corrected chi connectivity index (χ0v) is 19.3. The third kappa shape index (κ3) is 6.76. The zero-order chi connectivity index (χ0) is 22.2. The molecule has 2 N–H and O–H groups in total. The highest BCUT2D eigenvalue weighted by Gasteiger charge is 2.17. The van der Waals surface area contributed by atoms with Crippen LogP contribution in [-0.4, -0.2) is 86.7 Å². The molecule has 2 aliphatic rings. The van der Waals surface area contributed by atoms with E-state index in [0.29, 0.717) is 50.2 Å². The van der Waals surface area contributed by atoms with Crippen LogP contribution < -0.4 is 20.3 Å². The molecule has 2 amide bonds. The minimum Gasteiger partial charge on any atom is -0.462 e. The second-order valence-corrected chi connectivity index (χ2v) is 8.30. The maximum Gasteiger partial charge on any atom is 0.324 e. The van der Waals surface area contributed by atoms with Crippen LogP contribution >= 0.6 is 15.9 Å². The van der Waals surface area contributed by atoms with Crippen LogP contribution in [0.1, 0.15) is 0 Å². The van der Waals surface area contributed by atoms with E-state index in [1.807, 2.05) is 24.3 Å². The Hall–Kier alpha value is -2.47. The molecule has 3 heterocycles. The summed E-state index contributed by atoms with van der Waals surface area (Å²) in [6.45, 7) is 7.17. The van der Waals surface area contributed by atoms with Crippen molar-refractivity contribution < 1.29 is 19.0 Å². The van der Waals surface area contributed by atoms with Gasteiger partial charge in [0, 0.05) is 49.0 Å². The first-order chi connectivity index (χ1) is 15.7. The van der Waals surface area contributed by atoms with Gasteiger partial charge in [-0.15, -0.1) is 0 Å². The summed E-state index contributed by atoms with van der Waals surface area (Å²) in [5.74, 6) is 1.07. The molecule has 2 saturated heterocycles. The van der Waals surface area contributed by atoms with Crippen molar-refractivity contribution in [2.24, 2.45) is 0 Å². The normalized spacial score (nSPS) is 17.1. The van der Waals surface area contributed by atoms with E-state index >= 15 is 0 Å². The van der Waals surface area contributed by atoms with Crippen LogP contribution in [0.15, 0.2) is 34.8 Å². The number of hydrogen-bond acceptors (Lipinski definition) is 8. The van der Waals surface area contributed by atoms with Crippen LogP contribution in [0.4, 0.5) is 22.1 Å². The largest absolute Gasteiger partial charge is 0.462 e. The number of nitrogens with one attached hydrogen (secondary N) is 2. The first-order valence-corrected chi connectivity index (χ1v) is 11.4. The van der Waals surface area contributed by atoms with Crippen molar-refractivity contribution in [1.82, 2.24) is 14.9 Å². The van der Waals surface area contributed by atoms with Gasteiger partial charge in [0.25, 0.3) is 0 Å². The highest BCUT2D eigenvalue weighted by molar-refractivity contribution is 9.10. The molecule has 0 spiro atoms. The van der Waals surface area contributed by atoms with Gasteiger partial charge in [-0.2, -0.15) is 9.97 Å². The first kappa shape index (κ1) is 22.7. The number of ether oxygens (including phenoxy) is 3. The van der Waals surface area contributed by atoms with E-state index < -0.39 is 6.03 Å². The number of urea groups is 1. The van der Waals surface area contributed by atoms with Gasteiger partial charge < -0.3 is 24.4 Å². The third-order valence-corrected chi connectivity index (χ3v) is 5.59. The number of rotatable bonds is 7. The zero-order valence-electron chi connectivity index (χ0n) is 17.8. The van der Waals surface area contributed by atoms with E-state index in [-0.39, 0.29) is 6.01 Å². The summed E-state index contributed by atoms with van der Waals surface area (Å²) in [5.41, 5.74) is 0.668. The average Bonchev–Trinajstić information content (AvgIpc) is 2.80. The molecule has 32 heavy (non-hydrogen) atoms. The second-order valence-electron chi connectivity index (χ2n) is 7.39. The molecule has 11 heteroatoms. The number of nitrogens with zero attached hydrogens (tertiary/aromatic N) is 4. The SMILES string of the molecule is O=C(Nc1cccc(Br)c1)Nc1cc(N2CCOCC2)nc(OCCN2CCOCC2)n1. The quantitative estimate of drug-likeness (QED) is 0.590. The molecule has 10 nitrogen and oxygen atoms in total. The summed E-state index contributed by atoms with van der Waals surface area (Å²) in [7, 11) is 0. The fraction of sp³-hybridized carbons (Fsp3) is 0.476. The first-order valence-electron chi connectivity index (χ1n) is 10.6. The molecule has 1 aromatic carbocycles. The number of aromatic nitrogens is 2. The van der Waals surface area contributed by atoms with E-state index in [1.165, 1.54) is 0 Å². The van der Waals surface area contributed by atoms with Crippen LogP contribution in [0.5, 0.6) is 6.01 Å². The molecule has 0 unspecified atom stereocenters. The molecular weight excluding hydrogens is 480 g/mol. The molecule has 2 aromatic rings. The molecule has 4 rings (SSSR count). The van der Waals surface area contributed by atoms with Crippen LogP contribution in [0.25, 0.3) is 0 Å². The Morgan fingerprint density at radius 2 is 1.78 bits per heavy atom. The predicted octanol–water partition coefficient (Wildman–Crippen LogP) is 2.43. The van der Waals surface area contributed by atoms with Gasteiger partial charge in [-0.25, -0.2) is 4.79 Å². The van der Waals surface area contributed by atoms with Gasteiger partial charge in [-0.05, 0) is 18.2 Å². The number of amides is 2. The van der Waals surface area contributed by atoms with E-state index in [4.69, 9.17) is 14.2 Å². The Morgan fingerprint density at radius 3 is 2.53 bits per heavy atom. The summed E-state index contributed by atoms with van der Waals surface area (Å²) in [5, 5.41) is 5.59. The average molecular weight is 507 g/mol. The van der Waals surface area contributed by atoms with Crippen molar-refractivity contribution >= 4 is 39.3 Å². The summed E-state index contributed by atoms with van der Waals surface area (Å²) < 4.78 is 17.5. The van der Waals surface area contributed by atoms with Gasteiger partial charge in [-0.3, -0.25) is 10.2 Å². The van der Waals surface area contributed by atoms with E-state index in [0.717, 1.165) is 37.3 Å². The van der Waals surface area contributed by atoms with Crippen LogP contribution in [0, 0.1) is 0 Å². The number of anilines is 3. The molecule has 1 aromatic heterocycles. The van der Waals surface area contributed by atoms with Gasteiger partial charge >= 0.3 is 12.0 Å². The van der Waals surface area contributed by atoms with Crippen LogP contribution in [0.3, 0.4) is 0 Å². The van der Waals surface area contributed by atoms with Crippen LogP contribution in [-0.2, 0) is 9.47 Å². The molecule has 172 valence electrons. The summed E-state index contributed by atoms with van der Waals surface area (Å²) in [6, 6.07) is 8.96. The lowest BCUT2D eigenvalue weighted by molar-refractivity contribution is 0.0317. The third-order valence-electron chi connectivity index (χ3n) is 5.09. The lowest BCUT2D eigenvalue weighted by atomic mass is 10.3. The van der Waals surface area contributed by atoms with Gasteiger partial charge in [0.05, 0.1) is 26.4 Å². The number of carbonyl (C=O) groups excluding carboxylic acids is 1. The second kappa shape index (κ2) is 11.4. The fourth-order valence-electron chi connectivity index (χ4n) is 3.43. The lowest BCUT2D eigenvalue weighted by Crippen LogP contribution is -2.39. The standard InChI is InChI=1S/C21H27BrN6O4/c22-16-2-1-3-17(14-16)23-20(29)24-18-15-19(28-7-11-31-12-8-28)26-21(25-18)32-13-6-27-4-9-30-10-5-27/h1-3,14-15H,4-13H2,(H2,23,24,25,26,29). The predicted molar refractivity (Wildman–Crippen MR) is 125 cm³/mol. The van der Waals surface area contributed by atoms with Crippen molar-refractivity contribution in [3.8, 4) is 6.01 Å². The van der Waals surface area contributed by atoms with Crippen molar-refractivity contribution in [2.45, 2.75) is 0 Å². The van der Waals surface area contributed by atoms with Gasteiger partial charge in [0.2, 0.25) is 0 Å². The molecule has 0 bridgehead atoms. The molecule has 2 fully saturated rings. The Bertz CT molecular complexity index is 906. The Morgan fingerprint density at radius 1 is 1.03 bits per heavy atom. The fourth-order valence-corrected chi connectivity index (χ4v) is 3.83. The smallest absolute Gasteiger partial charge is 0.324 e. The van der Waals surface area contributed by atoms with Crippen molar-refractivity contribution in [3.05, 3.63) is 34.8 Å². The molecular formula is C21H27BrN6O4. The molecule has 0 aliphatic carbocycles. The summed E-state index contributed by atoms with van der Waals surface area (Å²) in [4.78, 5) is 25.8. The van der Waals surface area contributed by atoms with Gasteiger partial charge in [-0.1, -0.05) is 22.0 Å². The number of morpholine rings is 2. The van der Waals surface area contributed by atoms with Crippen molar-refractivity contribution in [2.75, 3.05) is 81.3 Å². The molecule has 0 radical (unpaired) electrons. The maximum atomic E-state index is 12.5. The lowest BCUT2D eigenvalue weighted by Gasteiger charge is -2.28. The number of benzene rings is 1. The maximum absolute atomic E-state index is 12.5. The molecule has 2 aliphatic heterocycles. The highest BCUT2D eigenvalue weighted by Crippen LogP contribution is 2.21. The Labute approximate surface area is 195 Å². The number of halogens is 1. The summed E-state index contributed by atoms with van der Waals surface area (Å²) >= 11 is 3.40. The molecule has 0 saturated carbocycles. The highest BCUT2D eigenvalue weighted by atomic mass is 79.9. The van der Waals surface area contributed by atoms with Crippen molar-refractivity contribution in [1.29, 1.82) is 0 Å². The van der Waals surface area contributed by atoms with E-state index in [9.17, 15) is 4.79 Å². The van der Waals surface area contributed by atoms with E-state index in [1.54, 1.807) is 6.07 Å². The van der Waals surface area contributed by atoms with Gasteiger partial charge in [0.15, 0.2) is 0 Å². The molecule has 0 atom stereocenters. The van der Waals surface area contributed by atoms with E-state index in [2.05, 4.69) is 46.3 Å². The van der Waals surface area contributed by atoms with Crippen molar-refractivity contribution in [3.63, 3.8) is 0 Å². The Kier molecular flexibility index (Phi) is 8.10. The number of hydrogen-bond donors (Lipinski definition) is 2.